The predicted octanol–water partition coefficient (Wildman–Crippen LogP) is 0.633. The van der Waals surface area contributed by atoms with E-state index in [4.69, 9.17) is 0 Å². The number of alkyl halides is 3. The zero-order valence-electron chi connectivity index (χ0n) is 9.43. The second kappa shape index (κ2) is 7.45. The van der Waals surface area contributed by atoms with Crippen LogP contribution in [0.25, 0.3) is 0 Å². The van der Waals surface area contributed by atoms with E-state index in [1.807, 2.05) is 0 Å². The third-order valence-electron chi connectivity index (χ3n) is 1.84. The molecule has 0 saturated carbocycles. The summed E-state index contributed by atoms with van der Waals surface area (Å²) in [4.78, 5) is 12.6. The van der Waals surface area contributed by atoms with Gasteiger partial charge in [0.05, 0.1) is 0 Å². The third-order valence-corrected chi connectivity index (χ3v) is 1.84. The Bertz CT molecular complexity index is 209. The van der Waals surface area contributed by atoms with Gasteiger partial charge in [0.25, 0.3) is 0 Å². The van der Waals surface area contributed by atoms with E-state index in [9.17, 15) is 18.0 Å². The summed E-state index contributed by atoms with van der Waals surface area (Å²) in [5.74, 6) is -0.444. The molecular formula is C9H17F3N2O2. The number of nitrogens with zero attached hydrogens (tertiary/aromatic N) is 1. The van der Waals surface area contributed by atoms with Crippen molar-refractivity contribution in [2.24, 2.45) is 0 Å². The lowest BCUT2D eigenvalue weighted by atomic mass is 10.4. The summed E-state index contributed by atoms with van der Waals surface area (Å²) in [7, 11) is 3.32. The molecule has 16 heavy (non-hydrogen) atoms. The van der Waals surface area contributed by atoms with Crippen LogP contribution in [-0.2, 0) is 9.53 Å². The molecule has 0 aromatic carbocycles. The SMILES string of the molecule is CNCCCN(C)C(=O)COCC(F)(F)F. The summed E-state index contributed by atoms with van der Waals surface area (Å²) < 4.78 is 39.3. The Balaban J connectivity index is 3.63. The molecule has 0 aliphatic rings. The van der Waals surface area contributed by atoms with E-state index in [0.29, 0.717) is 6.54 Å². The molecule has 4 nitrogen and oxygen atoms in total. The minimum Gasteiger partial charge on any atom is -0.362 e. The summed E-state index contributed by atoms with van der Waals surface area (Å²) >= 11 is 0. The fourth-order valence-corrected chi connectivity index (χ4v) is 0.982. The molecular weight excluding hydrogens is 225 g/mol. The fourth-order valence-electron chi connectivity index (χ4n) is 0.982. The molecule has 0 bridgehead atoms. The molecule has 0 aliphatic heterocycles. The van der Waals surface area contributed by atoms with Crippen LogP contribution in [0.1, 0.15) is 6.42 Å². The Kier molecular flexibility index (Phi) is 7.07. The predicted molar refractivity (Wildman–Crippen MR) is 53.1 cm³/mol. The Labute approximate surface area is 92.7 Å². The van der Waals surface area contributed by atoms with Gasteiger partial charge in [0, 0.05) is 13.6 Å². The van der Waals surface area contributed by atoms with Crippen LogP contribution in [0.2, 0.25) is 0 Å². The van der Waals surface area contributed by atoms with Crippen LogP contribution < -0.4 is 5.32 Å². The molecule has 0 rings (SSSR count). The number of nitrogens with one attached hydrogen (secondary N) is 1. The molecule has 1 N–H and O–H groups in total. The van der Waals surface area contributed by atoms with E-state index in [-0.39, 0.29) is 0 Å². The first-order valence-corrected chi connectivity index (χ1v) is 4.90. The Morgan fingerprint density at radius 2 is 2.06 bits per heavy atom. The van der Waals surface area contributed by atoms with Gasteiger partial charge in [0.1, 0.15) is 13.2 Å². The summed E-state index contributed by atoms with van der Waals surface area (Å²) in [6, 6.07) is 0. The molecule has 0 saturated heterocycles. The lowest BCUT2D eigenvalue weighted by Crippen LogP contribution is -2.33. The first-order valence-electron chi connectivity index (χ1n) is 4.90. The van der Waals surface area contributed by atoms with E-state index in [1.54, 1.807) is 7.05 Å². The van der Waals surface area contributed by atoms with Gasteiger partial charge in [0.15, 0.2) is 0 Å². The van der Waals surface area contributed by atoms with Crippen molar-refractivity contribution in [3.8, 4) is 0 Å². The van der Waals surface area contributed by atoms with Crippen molar-refractivity contribution < 1.29 is 22.7 Å². The van der Waals surface area contributed by atoms with Crippen molar-refractivity contribution in [1.82, 2.24) is 10.2 Å². The van der Waals surface area contributed by atoms with Crippen LogP contribution in [0.4, 0.5) is 13.2 Å². The molecule has 0 fully saturated rings. The van der Waals surface area contributed by atoms with Gasteiger partial charge >= 0.3 is 6.18 Å². The first-order chi connectivity index (χ1) is 7.37. The standard InChI is InChI=1S/C9H17F3N2O2/c1-13-4-3-5-14(2)8(15)6-16-7-9(10,11)12/h13H,3-7H2,1-2H3. The second-order valence-corrected chi connectivity index (χ2v) is 3.38. The Morgan fingerprint density at radius 1 is 1.44 bits per heavy atom. The van der Waals surface area contributed by atoms with E-state index in [2.05, 4.69) is 10.1 Å². The quantitative estimate of drug-likeness (QED) is 0.666. The number of rotatable bonds is 7. The molecule has 0 heterocycles. The topological polar surface area (TPSA) is 41.6 Å². The van der Waals surface area contributed by atoms with E-state index in [0.717, 1.165) is 13.0 Å². The highest BCUT2D eigenvalue weighted by Crippen LogP contribution is 2.14. The van der Waals surface area contributed by atoms with Crippen LogP contribution in [0.15, 0.2) is 0 Å². The van der Waals surface area contributed by atoms with Crippen molar-refractivity contribution in [1.29, 1.82) is 0 Å². The number of carbonyl (C=O) groups excluding carboxylic acids is 1. The molecule has 0 aromatic heterocycles. The maximum absolute atomic E-state index is 11.7. The van der Waals surface area contributed by atoms with Crippen LogP contribution in [-0.4, -0.2) is 57.4 Å². The van der Waals surface area contributed by atoms with Crippen LogP contribution in [0, 0.1) is 0 Å². The van der Waals surface area contributed by atoms with Gasteiger partial charge in [0.2, 0.25) is 5.91 Å². The Morgan fingerprint density at radius 3 is 2.56 bits per heavy atom. The molecule has 7 heteroatoms. The smallest absolute Gasteiger partial charge is 0.362 e. The average Bonchev–Trinajstić information content (AvgIpc) is 2.15. The highest BCUT2D eigenvalue weighted by atomic mass is 19.4. The molecule has 0 spiro atoms. The molecule has 1 amide bonds. The minimum absolute atomic E-state index is 0.444. The number of hydrogen-bond acceptors (Lipinski definition) is 3. The maximum Gasteiger partial charge on any atom is 0.411 e. The lowest BCUT2D eigenvalue weighted by molar-refractivity contribution is -0.177. The molecule has 0 radical (unpaired) electrons. The van der Waals surface area contributed by atoms with Gasteiger partial charge < -0.3 is 15.0 Å². The van der Waals surface area contributed by atoms with E-state index < -0.39 is 25.3 Å². The van der Waals surface area contributed by atoms with Gasteiger partial charge in [-0.15, -0.1) is 0 Å². The van der Waals surface area contributed by atoms with Gasteiger partial charge in [-0.1, -0.05) is 0 Å². The summed E-state index contributed by atoms with van der Waals surface area (Å²) in [6.45, 7) is -0.672. The number of carbonyl (C=O) groups is 1. The summed E-state index contributed by atoms with van der Waals surface area (Å²) in [5.41, 5.74) is 0. The van der Waals surface area contributed by atoms with Gasteiger partial charge in [-0.05, 0) is 20.0 Å². The zero-order chi connectivity index (χ0) is 12.6. The largest absolute Gasteiger partial charge is 0.411 e. The highest BCUT2D eigenvalue weighted by molar-refractivity contribution is 5.77. The number of likely N-dealkylation sites (N-methyl/N-ethyl adjacent to an activating group) is 1. The maximum atomic E-state index is 11.7. The highest BCUT2D eigenvalue weighted by Gasteiger charge is 2.27. The van der Waals surface area contributed by atoms with Gasteiger partial charge in [-0.2, -0.15) is 13.2 Å². The summed E-state index contributed by atoms with van der Waals surface area (Å²) in [5, 5.41) is 2.91. The summed E-state index contributed by atoms with van der Waals surface area (Å²) in [6.07, 6.45) is -3.64. The van der Waals surface area contributed by atoms with Crippen molar-refractivity contribution in [3.63, 3.8) is 0 Å². The monoisotopic (exact) mass is 242 g/mol. The molecule has 0 unspecified atom stereocenters. The van der Waals surface area contributed by atoms with E-state index >= 15 is 0 Å². The third kappa shape index (κ3) is 8.49. The van der Waals surface area contributed by atoms with Crippen LogP contribution >= 0.6 is 0 Å². The minimum atomic E-state index is -4.38. The zero-order valence-corrected chi connectivity index (χ0v) is 9.43. The van der Waals surface area contributed by atoms with Crippen LogP contribution in [0.3, 0.4) is 0 Å². The molecule has 0 atom stereocenters. The molecule has 0 aromatic rings. The van der Waals surface area contributed by atoms with Crippen molar-refractivity contribution >= 4 is 5.91 Å². The first kappa shape index (κ1) is 15.2. The number of halogens is 3. The lowest BCUT2D eigenvalue weighted by Gasteiger charge is -2.17. The van der Waals surface area contributed by atoms with Crippen molar-refractivity contribution in [3.05, 3.63) is 0 Å². The van der Waals surface area contributed by atoms with Gasteiger partial charge in [-0.3, -0.25) is 4.79 Å². The average molecular weight is 242 g/mol. The van der Waals surface area contributed by atoms with Gasteiger partial charge in [-0.25, -0.2) is 0 Å². The number of amides is 1. The van der Waals surface area contributed by atoms with Crippen molar-refractivity contribution in [2.75, 3.05) is 40.4 Å². The molecule has 96 valence electrons. The normalized spacial score (nSPS) is 11.6. The molecule has 0 aliphatic carbocycles. The van der Waals surface area contributed by atoms with Crippen LogP contribution in [0.5, 0.6) is 0 Å². The fraction of sp³-hybridized carbons (Fsp3) is 0.889. The number of hydrogen-bond donors (Lipinski definition) is 1. The van der Waals surface area contributed by atoms with E-state index in [1.165, 1.54) is 11.9 Å². The van der Waals surface area contributed by atoms with Crippen molar-refractivity contribution in [2.45, 2.75) is 12.6 Å². The Hall–Kier alpha value is -0.820. The second-order valence-electron chi connectivity index (χ2n) is 3.38. The number of ether oxygens (including phenoxy) is 1.